The lowest BCUT2D eigenvalue weighted by molar-refractivity contribution is 0.0436. The molecule has 0 radical (unpaired) electrons. The Morgan fingerprint density at radius 2 is 1.81 bits per heavy atom. The number of benzene rings is 2. The van der Waals surface area contributed by atoms with Gasteiger partial charge in [-0.25, -0.2) is 4.98 Å². The predicted molar refractivity (Wildman–Crippen MR) is 125 cm³/mol. The number of aryl methyl sites for hydroxylation is 2. The highest BCUT2D eigenvalue weighted by atomic mass is 32.1. The number of nitrogens with zero attached hydrogens (tertiary/aromatic N) is 3. The number of ether oxygens (including phenoxy) is 2. The van der Waals surface area contributed by atoms with Crippen LogP contribution in [0.5, 0.6) is 11.5 Å². The Balaban J connectivity index is 1.14. The molecule has 0 bridgehead atoms. The molecule has 1 aliphatic rings. The summed E-state index contributed by atoms with van der Waals surface area (Å²) in [7, 11) is 0. The minimum Gasteiger partial charge on any atom is -0.492 e. The molecule has 1 N–H and O–H groups in total. The molecule has 2 aromatic carbocycles. The van der Waals surface area contributed by atoms with E-state index < -0.39 is 6.10 Å². The van der Waals surface area contributed by atoms with Gasteiger partial charge in [-0.2, -0.15) is 0 Å². The summed E-state index contributed by atoms with van der Waals surface area (Å²) in [5.41, 5.74) is 2.13. The highest BCUT2D eigenvalue weighted by molar-refractivity contribution is 7.18. The number of hydrogen-bond donors (Lipinski definition) is 1. The van der Waals surface area contributed by atoms with Crippen molar-refractivity contribution in [3.63, 3.8) is 0 Å². The average molecular weight is 442 g/mol. The molecule has 3 aromatic rings. The largest absolute Gasteiger partial charge is 0.492 e. The summed E-state index contributed by atoms with van der Waals surface area (Å²) in [5, 5.41) is 11.5. The number of para-hydroxylation sites is 1. The first-order valence-corrected chi connectivity index (χ1v) is 11.7. The van der Waals surface area contributed by atoms with Gasteiger partial charge in [0.1, 0.15) is 30.8 Å². The summed E-state index contributed by atoms with van der Waals surface area (Å²) < 4.78 is 12.9. The summed E-state index contributed by atoms with van der Waals surface area (Å²) in [6.07, 6.45) is -0.510. The third-order valence-corrected chi connectivity index (χ3v) is 6.55. The maximum atomic E-state index is 10.4. The predicted octanol–water partition coefficient (Wildman–Crippen LogP) is 3.35. The molecule has 31 heavy (non-hydrogen) atoms. The van der Waals surface area contributed by atoms with Gasteiger partial charge in [0.15, 0.2) is 0 Å². The fourth-order valence-electron chi connectivity index (χ4n) is 3.85. The van der Waals surface area contributed by atoms with Crippen molar-refractivity contribution >= 4 is 21.6 Å². The third kappa shape index (κ3) is 6.17. The minimum atomic E-state index is -0.510. The number of aliphatic hydroxyl groups excluding tert-OH is 1. The van der Waals surface area contributed by atoms with Crippen molar-refractivity contribution in [2.75, 3.05) is 52.5 Å². The molecule has 6 nitrogen and oxygen atoms in total. The first kappa shape index (κ1) is 22.0. The van der Waals surface area contributed by atoms with Crippen molar-refractivity contribution in [1.29, 1.82) is 0 Å². The molecule has 1 fully saturated rings. The van der Waals surface area contributed by atoms with E-state index in [4.69, 9.17) is 9.47 Å². The number of aliphatic hydroxyl groups is 1. The molecule has 1 atom stereocenters. The topological polar surface area (TPSA) is 58.1 Å². The van der Waals surface area contributed by atoms with E-state index in [-0.39, 0.29) is 0 Å². The molecule has 0 spiro atoms. The zero-order valence-electron chi connectivity index (χ0n) is 18.3. The zero-order valence-corrected chi connectivity index (χ0v) is 19.1. The molecule has 0 saturated carbocycles. The number of aromatic nitrogens is 1. The minimum absolute atomic E-state index is 0.291. The number of fused-ring (bicyclic) bond motifs is 1. The highest BCUT2D eigenvalue weighted by Crippen LogP contribution is 2.25. The van der Waals surface area contributed by atoms with Crippen LogP contribution >= 0.6 is 11.3 Å². The number of thiazole rings is 1. The Bertz CT molecular complexity index is 985. The van der Waals surface area contributed by atoms with Crippen LogP contribution in [0, 0.1) is 13.8 Å². The maximum Gasteiger partial charge on any atom is 0.122 e. The molecule has 166 valence electrons. The number of rotatable bonds is 9. The van der Waals surface area contributed by atoms with Crippen molar-refractivity contribution in [1.82, 2.24) is 14.8 Å². The van der Waals surface area contributed by atoms with Crippen LogP contribution in [0.25, 0.3) is 10.2 Å². The summed E-state index contributed by atoms with van der Waals surface area (Å²) in [5.74, 6) is 1.73. The van der Waals surface area contributed by atoms with E-state index in [0.717, 1.165) is 59.4 Å². The first-order chi connectivity index (χ1) is 15.1. The summed E-state index contributed by atoms with van der Waals surface area (Å²) >= 11 is 1.68. The van der Waals surface area contributed by atoms with Crippen LogP contribution in [0.2, 0.25) is 0 Å². The molecule has 7 heteroatoms. The Morgan fingerprint density at radius 3 is 2.61 bits per heavy atom. The van der Waals surface area contributed by atoms with Crippen LogP contribution in [0.4, 0.5) is 0 Å². The van der Waals surface area contributed by atoms with Gasteiger partial charge in [-0.3, -0.25) is 9.80 Å². The molecule has 2 heterocycles. The average Bonchev–Trinajstić information content (AvgIpc) is 3.14. The lowest BCUT2D eigenvalue weighted by Crippen LogP contribution is -2.50. The van der Waals surface area contributed by atoms with E-state index in [1.807, 2.05) is 43.3 Å². The summed E-state index contributed by atoms with van der Waals surface area (Å²) in [6.45, 7) is 10.5. The lowest BCUT2D eigenvalue weighted by Gasteiger charge is -2.35. The fraction of sp³-hybridized carbons (Fsp3) is 0.458. The molecule has 0 amide bonds. The van der Waals surface area contributed by atoms with Crippen molar-refractivity contribution in [2.45, 2.75) is 20.0 Å². The Kier molecular flexibility index (Phi) is 7.40. The van der Waals surface area contributed by atoms with E-state index in [1.165, 1.54) is 5.56 Å². The van der Waals surface area contributed by atoms with E-state index in [0.29, 0.717) is 19.8 Å². The van der Waals surface area contributed by atoms with Gasteiger partial charge in [-0.1, -0.05) is 18.2 Å². The second-order valence-electron chi connectivity index (χ2n) is 8.08. The third-order valence-electron chi connectivity index (χ3n) is 5.60. The summed E-state index contributed by atoms with van der Waals surface area (Å²) in [6, 6.07) is 14.1. The molecule has 1 unspecified atom stereocenters. The molecule has 1 saturated heterocycles. The van der Waals surface area contributed by atoms with E-state index in [1.54, 1.807) is 11.3 Å². The smallest absolute Gasteiger partial charge is 0.122 e. The molecule has 0 aliphatic carbocycles. The van der Waals surface area contributed by atoms with Gasteiger partial charge in [0.2, 0.25) is 0 Å². The highest BCUT2D eigenvalue weighted by Gasteiger charge is 2.19. The number of piperazine rings is 1. The van der Waals surface area contributed by atoms with Crippen LogP contribution in [-0.2, 0) is 0 Å². The van der Waals surface area contributed by atoms with E-state index in [9.17, 15) is 5.11 Å². The quantitative estimate of drug-likeness (QED) is 0.550. The van der Waals surface area contributed by atoms with Crippen molar-refractivity contribution < 1.29 is 14.6 Å². The van der Waals surface area contributed by atoms with Crippen LogP contribution in [-0.4, -0.2) is 78.5 Å². The number of hydrogen-bond acceptors (Lipinski definition) is 7. The van der Waals surface area contributed by atoms with Crippen LogP contribution in [0.15, 0.2) is 42.5 Å². The second-order valence-corrected chi connectivity index (χ2v) is 9.32. The lowest BCUT2D eigenvalue weighted by atomic mass is 10.2. The van der Waals surface area contributed by atoms with E-state index >= 15 is 0 Å². The molecule has 1 aliphatic heterocycles. The second kappa shape index (κ2) is 10.4. The first-order valence-electron chi connectivity index (χ1n) is 10.9. The standard InChI is InChI=1S/C24H31N3O3S/c1-18-5-3-4-6-23(18)29-14-13-26-9-11-27(12-10-26)16-20(28)17-30-21-7-8-24-22(15-21)25-19(2)31-24/h3-8,15,20,28H,9-14,16-17H2,1-2H3. The summed E-state index contributed by atoms with van der Waals surface area (Å²) in [4.78, 5) is 9.22. The fourth-order valence-corrected chi connectivity index (χ4v) is 4.66. The molecular weight excluding hydrogens is 410 g/mol. The van der Waals surface area contributed by atoms with Gasteiger partial charge in [0, 0.05) is 45.3 Å². The molecule has 4 rings (SSSR count). The Labute approximate surface area is 188 Å². The van der Waals surface area contributed by atoms with Gasteiger partial charge in [-0.15, -0.1) is 11.3 Å². The zero-order chi connectivity index (χ0) is 21.6. The molecule has 1 aromatic heterocycles. The van der Waals surface area contributed by atoms with Gasteiger partial charge in [0.25, 0.3) is 0 Å². The number of β-amino-alcohol motifs (C(OH)–C–C–N with tert-alkyl or cyclic N) is 1. The normalized spacial score (nSPS) is 16.5. The van der Waals surface area contributed by atoms with Crippen molar-refractivity contribution in [3.05, 3.63) is 53.0 Å². The van der Waals surface area contributed by atoms with Crippen LogP contribution in [0.3, 0.4) is 0 Å². The van der Waals surface area contributed by atoms with Crippen LogP contribution < -0.4 is 9.47 Å². The van der Waals surface area contributed by atoms with Crippen molar-refractivity contribution in [2.24, 2.45) is 0 Å². The van der Waals surface area contributed by atoms with Gasteiger partial charge in [-0.05, 0) is 37.6 Å². The van der Waals surface area contributed by atoms with Crippen LogP contribution in [0.1, 0.15) is 10.6 Å². The van der Waals surface area contributed by atoms with E-state index in [2.05, 4.69) is 27.8 Å². The Morgan fingerprint density at radius 1 is 1.03 bits per heavy atom. The van der Waals surface area contributed by atoms with Crippen molar-refractivity contribution in [3.8, 4) is 11.5 Å². The van der Waals surface area contributed by atoms with Gasteiger partial charge < -0.3 is 14.6 Å². The monoisotopic (exact) mass is 441 g/mol. The maximum absolute atomic E-state index is 10.4. The molecular formula is C24H31N3O3S. The Hall–Kier alpha value is -2.19. The van der Waals surface area contributed by atoms with Gasteiger partial charge >= 0.3 is 0 Å². The SMILES string of the molecule is Cc1nc2cc(OCC(O)CN3CCN(CCOc4ccccc4C)CC3)ccc2s1. The van der Waals surface area contributed by atoms with Gasteiger partial charge in [0.05, 0.1) is 15.2 Å².